The van der Waals surface area contributed by atoms with Crippen molar-refractivity contribution >= 4 is 11.6 Å². The molecule has 0 fully saturated rings. The van der Waals surface area contributed by atoms with Crippen LogP contribution in [-0.2, 0) is 13.5 Å². The summed E-state index contributed by atoms with van der Waals surface area (Å²) in [5.41, 5.74) is 7.71. The van der Waals surface area contributed by atoms with Gasteiger partial charge < -0.3 is 11.1 Å². The van der Waals surface area contributed by atoms with Crippen molar-refractivity contribution in [2.24, 2.45) is 7.05 Å². The summed E-state index contributed by atoms with van der Waals surface area (Å²) in [6, 6.07) is 10.1. The number of aromatic nitrogens is 2. The van der Waals surface area contributed by atoms with Crippen molar-refractivity contribution in [3.05, 3.63) is 47.8 Å². The topological polar surface area (TPSA) is 72.9 Å². The number of nitrogens with one attached hydrogen (secondary N) is 1. The number of amides is 1. The quantitative estimate of drug-likeness (QED) is 0.869. The lowest BCUT2D eigenvalue weighted by atomic mass is 10.1. The minimum absolute atomic E-state index is 0.0317. The largest absolute Gasteiger partial charge is 0.396 e. The van der Waals surface area contributed by atoms with E-state index < -0.39 is 0 Å². The lowest BCUT2D eigenvalue weighted by molar-refractivity contribution is 0.0931. The van der Waals surface area contributed by atoms with Gasteiger partial charge in [0.05, 0.1) is 11.9 Å². The van der Waals surface area contributed by atoms with Gasteiger partial charge in [-0.2, -0.15) is 5.10 Å². The molecular formula is C14H18N4O. The second-order valence-corrected chi connectivity index (χ2v) is 4.64. The van der Waals surface area contributed by atoms with Crippen molar-refractivity contribution in [2.45, 2.75) is 19.4 Å². The van der Waals surface area contributed by atoms with Crippen molar-refractivity contribution in [1.82, 2.24) is 15.1 Å². The summed E-state index contributed by atoms with van der Waals surface area (Å²) in [5.74, 6) is -0.194. The first-order valence-electron chi connectivity index (χ1n) is 6.20. The number of carbonyl (C=O) groups excluding carboxylic acids is 1. The van der Waals surface area contributed by atoms with Gasteiger partial charge >= 0.3 is 0 Å². The normalized spacial score (nSPS) is 12.1. The van der Waals surface area contributed by atoms with Gasteiger partial charge in [-0.15, -0.1) is 0 Å². The molecule has 0 radical (unpaired) electrons. The zero-order valence-electron chi connectivity index (χ0n) is 11.1. The van der Waals surface area contributed by atoms with E-state index in [0.29, 0.717) is 11.4 Å². The molecule has 1 atom stereocenters. The van der Waals surface area contributed by atoms with Crippen LogP contribution in [0.3, 0.4) is 0 Å². The molecule has 2 aromatic rings. The van der Waals surface area contributed by atoms with Gasteiger partial charge in [-0.05, 0) is 18.9 Å². The highest BCUT2D eigenvalue weighted by Crippen LogP contribution is 2.10. The van der Waals surface area contributed by atoms with Crippen LogP contribution in [-0.4, -0.2) is 21.7 Å². The lowest BCUT2D eigenvalue weighted by Gasteiger charge is -2.14. The first kappa shape index (κ1) is 13.1. The molecule has 1 amide bonds. The number of aryl methyl sites for hydroxylation is 1. The Morgan fingerprint density at radius 1 is 1.42 bits per heavy atom. The van der Waals surface area contributed by atoms with Crippen LogP contribution in [0, 0.1) is 0 Å². The number of nitrogen functional groups attached to an aromatic ring is 1. The van der Waals surface area contributed by atoms with Crippen molar-refractivity contribution in [3.63, 3.8) is 0 Å². The molecule has 1 heterocycles. The van der Waals surface area contributed by atoms with Crippen molar-refractivity contribution in [1.29, 1.82) is 0 Å². The van der Waals surface area contributed by atoms with E-state index in [4.69, 9.17) is 5.73 Å². The van der Waals surface area contributed by atoms with E-state index in [1.807, 2.05) is 37.3 Å². The molecule has 0 aliphatic carbocycles. The summed E-state index contributed by atoms with van der Waals surface area (Å²) in [7, 11) is 1.70. The molecule has 5 heteroatoms. The van der Waals surface area contributed by atoms with E-state index in [9.17, 15) is 4.79 Å². The highest BCUT2D eigenvalue weighted by Gasteiger charge is 2.16. The monoisotopic (exact) mass is 258 g/mol. The predicted octanol–water partition coefficient (Wildman–Crippen LogP) is 1.36. The zero-order valence-corrected chi connectivity index (χ0v) is 11.1. The maximum absolute atomic E-state index is 12.1. The van der Waals surface area contributed by atoms with Gasteiger partial charge in [-0.25, -0.2) is 0 Å². The van der Waals surface area contributed by atoms with Gasteiger partial charge in [0, 0.05) is 13.1 Å². The molecule has 3 N–H and O–H groups in total. The molecular weight excluding hydrogens is 240 g/mol. The smallest absolute Gasteiger partial charge is 0.271 e. The second-order valence-electron chi connectivity index (χ2n) is 4.64. The summed E-state index contributed by atoms with van der Waals surface area (Å²) in [6.07, 6.45) is 2.26. The summed E-state index contributed by atoms with van der Waals surface area (Å²) < 4.78 is 1.49. The molecule has 1 unspecified atom stereocenters. The van der Waals surface area contributed by atoms with Gasteiger partial charge in [0.1, 0.15) is 5.69 Å². The first-order chi connectivity index (χ1) is 9.08. The van der Waals surface area contributed by atoms with Crippen LogP contribution in [0.15, 0.2) is 36.5 Å². The van der Waals surface area contributed by atoms with E-state index in [1.165, 1.54) is 16.4 Å². The van der Waals surface area contributed by atoms with Crippen LogP contribution in [0.25, 0.3) is 0 Å². The van der Waals surface area contributed by atoms with E-state index in [1.54, 1.807) is 7.05 Å². The van der Waals surface area contributed by atoms with Crippen molar-refractivity contribution in [3.8, 4) is 0 Å². The van der Waals surface area contributed by atoms with E-state index in [2.05, 4.69) is 10.4 Å². The molecule has 0 spiro atoms. The average molecular weight is 258 g/mol. The summed E-state index contributed by atoms with van der Waals surface area (Å²) in [4.78, 5) is 12.1. The Morgan fingerprint density at radius 3 is 2.68 bits per heavy atom. The standard InChI is InChI=1S/C14H18N4O/c1-10(8-11-6-4-3-5-7-11)17-14(19)13-12(15)9-16-18(13)2/h3-7,9-10H,8,15H2,1-2H3,(H,17,19). The van der Waals surface area contributed by atoms with Gasteiger partial charge in [0.25, 0.3) is 5.91 Å². The van der Waals surface area contributed by atoms with E-state index >= 15 is 0 Å². The third-order valence-corrected chi connectivity index (χ3v) is 2.94. The van der Waals surface area contributed by atoms with Crippen LogP contribution >= 0.6 is 0 Å². The Kier molecular flexibility index (Phi) is 3.85. The number of nitrogens with zero attached hydrogens (tertiary/aromatic N) is 2. The second kappa shape index (κ2) is 5.56. The highest BCUT2D eigenvalue weighted by atomic mass is 16.2. The molecule has 1 aromatic carbocycles. The molecule has 0 aliphatic rings. The maximum atomic E-state index is 12.1. The van der Waals surface area contributed by atoms with Crippen LogP contribution in [0.2, 0.25) is 0 Å². The zero-order chi connectivity index (χ0) is 13.8. The fourth-order valence-electron chi connectivity index (χ4n) is 2.04. The van der Waals surface area contributed by atoms with Gasteiger partial charge in [-0.1, -0.05) is 30.3 Å². The third kappa shape index (κ3) is 3.13. The number of carbonyl (C=O) groups is 1. The Labute approximate surface area is 112 Å². The summed E-state index contributed by atoms with van der Waals surface area (Å²) in [6.45, 7) is 1.97. The van der Waals surface area contributed by atoms with Crippen LogP contribution < -0.4 is 11.1 Å². The number of hydrogen-bond acceptors (Lipinski definition) is 3. The SMILES string of the molecule is CC(Cc1ccccc1)NC(=O)c1c(N)cnn1C. The summed E-state index contributed by atoms with van der Waals surface area (Å²) >= 11 is 0. The number of hydrogen-bond donors (Lipinski definition) is 2. The Balaban J connectivity index is 2.00. The predicted molar refractivity (Wildman–Crippen MR) is 74.7 cm³/mol. The summed E-state index contributed by atoms with van der Waals surface area (Å²) in [5, 5.41) is 6.89. The molecule has 5 nitrogen and oxygen atoms in total. The van der Waals surface area contributed by atoms with Crippen LogP contribution in [0.4, 0.5) is 5.69 Å². The van der Waals surface area contributed by atoms with Gasteiger partial charge in [0.2, 0.25) is 0 Å². The van der Waals surface area contributed by atoms with E-state index in [0.717, 1.165) is 6.42 Å². The molecule has 1 aromatic heterocycles. The lowest BCUT2D eigenvalue weighted by Crippen LogP contribution is -2.35. The first-order valence-corrected chi connectivity index (χ1v) is 6.20. The molecule has 0 bridgehead atoms. The number of benzene rings is 1. The molecule has 0 saturated carbocycles. The maximum Gasteiger partial charge on any atom is 0.271 e. The Bertz CT molecular complexity index is 543. The fourth-order valence-corrected chi connectivity index (χ4v) is 2.04. The van der Waals surface area contributed by atoms with Crippen LogP contribution in [0.1, 0.15) is 23.0 Å². The molecule has 0 aliphatic heterocycles. The minimum atomic E-state index is -0.194. The molecule has 19 heavy (non-hydrogen) atoms. The number of anilines is 1. The van der Waals surface area contributed by atoms with Crippen LogP contribution in [0.5, 0.6) is 0 Å². The molecule has 0 saturated heterocycles. The molecule has 100 valence electrons. The fraction of sp³-hybridized carbons (Fsp3) is 0.286. The van der Waals surface area contributed by atoms with Gasteiger partial charge in [-0.3, -0.25) is 9.48 Å². The van der Waals surface area contributed by atoms with Gasteiger partial charge in [0.15, 0.2) is 0 Å². The third-order valence-electron chi connectivity index (χ3n) is 2.94. The van der Waals surface area contributed by atoms with Crippen molar-refractivity contribution in [2.75, 3.05) is 5.73 Å². The Morgan fingerprint density at radius 2 is 2.11 bits per heavy atom. The highest BCUT2D eigenvalue weighted by molar-refractivity contribution is 5.97. The number of rotatable bonds is 4. The van der Waals surface area contributed by atoms with E-state index in [-0.39, 0.29) is 11.9 Å². The number of nitrogens with two attached hydrogens (primary N) is 1. The average Bonchev–Trinajstić information content (AvgIpc) is 2.70. The Hall–Kier alpha value is -2.30. The minimum Gasteiger partial charge on any atom is -0.396 e. The van der Waals surface area contributed by atoms with Crippen molar-refractivity contribution < 1.29 is 4.79 Å². The molecule has 2 rings (SSSR count).